The van der Waals surface area contributed by atoms with E-state index >= 15 is 0 Å². The van der Waals surface area contributed by atoms with Gasteiger partial charge in [0.05, 0.1) is 7.11 Å². The fourth-order valence-electron chi connectivity index (χ4n) is 3.63. The number of methoxy groups -OCH3 is 1. The van der Waals surface area contributed by atoms with Crippen LogP contribution in [0.3, 0.4) is 0 Å². The van der Waals surface area contributed by atoms with E-state index in [9.17, 15) is 4.79 Å². The minimum Gasteiger partial charge on any atom is -0.467 e. The van der Waals surface area contributed by atoms with E-state index in [-0.39, 0.29) is 5.97 Å². The van der Waals surface area contributed by atoms with E-state index in [4.69, 9.17) is 4.74 Å². The van der Waals surface area contributed by atoms with Crippen molar-refractivity contribution in [2.75, 3.05) is 7.11 Å². The van der Waals surface area contributed by atoms with E-state index in [2.05, 4.69) is 17.4 Å². The number of carbonyl (C=O) groups is 1. The molecule has 0 bridgehead atoms. The third-order valence-electron chi connectivity index (χ3n) is 4.59. The van der Waals surface area contributed by atoms with Crippen LogP contribution in [0, 0.1) is 0 Å². The lowest BCUT2D eigenvalue weighted by atomic mass is 9.90. The van der Waals surface area contributed by atoms with Gasteiger partial charge in [-0.25, -0.2) is 4.79 Å². The minimum absolute atomic E-state index is 0.135. The Morgan fingerprint density at radius 3 is 2.79 bits per heavy atom. The van der Waals surface area contributed by atoms with Crippen molar-refractivity contribution in [1.29, 1.82) is 0 Å². The molecular formula is C16H21NO2. The summed E-state index contributed by atoms with van der Waals surface area (Å²) in [4.78, 5) is 12.4. The Balaban J connectivity index is 1.96. The van der Waals surface area contributed by atoms with Gasteiger partial charge in [0.25, 0.3) is 0 Å². The second kappa shape index (κ2) is 4.97. The third-order valence-corrected chi connectivity index (χ3v) is 4.59. The molecule has 1 saturated carbocycles. The minimum atomic E-state index is -0.611. The van der Waals surface area contributed by atoms with Crippen LogP contribution in [0.5, 0.6) is 0 Å². The summed E-state index contributed by atoms with van der Waals surface area (Å²) in [5.74, 6) is -0.135. The number of nitrogens with one attached hydrogen (secondary N) is 1. The fourth-order valence-corrected chi connectivity index (χ4v) is 3.63. The van der Waals surface area contributed by atoms with Gasteiger partial charge in [-0.15, -0.1) is 0 Å². The summed E-state index contributed by atoms with van der Waals surface area (Å²) < 4.78 is 5.10. The molecule has 3 heteroatoms. The number of hydrogen-bond donors (Lipinski definition) is 1. The van der Waals surface area contributed by atoms with Crippen molar-refractivity contribution in [2.24, 2.45) is 0 Å². The van der Waals surface area contributed by atoms with Crippen LogP contribution in [0.4, 0.5) is 0 Å². The van der Waals surface area contributed by atoms with Gasteiger partial charge in [0.2, 0.25) is 0 Å². The average Bonchev–Trinajstić information content (AvgIpc) is 3.08. The Kier molecular flexibility index (Phi) is 3.31. The molecule has 3 nitrogen and oxygen atoms in total. The highest BCUT2D eigenvalue weighted by Gasteiger charge is 2.47. The number of ether oxygens (including phenoxy) is 1. The van der Waals surface area contributed by atoms with Crippen LogP contribution < -0.4 is 5.32 Å². The highest BCUT2D eigenvalue weighted by molar-refractivity contribution is 5.84. The van der Waals surface area contributed by atoms with Crippen molar-refractivity contribution < 1.29 is 9.53 Å². The second-order valence-electron chi connectivity index (χ2n) is 5.68. The lowest BCUT2D eigenvalue weighted by molar-refractivity contribution is -0.149. The van der Waals surface area contributed by atoms with Crippen LogP contribution in [-0.4, -0.2) is 19.1 Å². The molecule has 2 aliphatic rings. The topological polar surface area (TPSA) is 38.3 Å². The van der Waals surface area contributed by atoms with Gasteiger partial charge in [0, 0.05) is 6.04 Å². The van der Waals surface area contributed by atoms with Crippen molar-refractivity contribution >= 4 is 5.97 Å². The number of carbonyl (C=O) groups excluding carboxylic acids is 1. The van der Waals surface area contributed by atoms with Crippen LogP contribution in [0.1, 0.15) is 43.2 Å². The van der Waals surface area contributed by atoms with Crippen LogP contribution in [-0.2, 0) is 21.5 Å². The molecule has 0 aliphatic heterocycles. The first-order chi connectivity index (χ1) is 9.26. The average molecular weight is 259 g/mol. The molecule has 0 aromatic heterocycles. The van der Waals surface area contributed by atoms with Gasteiger partial charge in [0.1, 0.15) is 5.54 Å². The summed E-state index contributed by atoms with van der Waals surface area (Å²) in [6.45, 7) is 0. The van der Waals surface area contributed by atoms with E-state index < -0.39 is 5.54 Å². The Bertz CT molecular complexity index is 479. The molecule has 0 saturated heterocycles. The van der Waals surface area contributed by atoms with Crippen molar-refractivity contribution in [3.63, 3.8) is 0 Å². The predicted molar refractivity (Wildman–Crippen MR) is 73.8 cm³/mol. The maximum absolute atomic E-state index is 12.4. The molecule has 1 unspecified atom stereocenters. The molecule has 0 amide bonds. The molecule has 0 heterocycles. The zero-order chi connectivity index (χ0) is 13.3. The maximum Gasteiger partial charge on any atom is 0.330 e. The summed E-state index contributed by atoms with van der Waals surface area (Å²) in [5.41, 5.74) is 1.78. The molecule has 1 aromatic carbocycles. The second-order valence-corrected chi connectivity index (χ2v) is 5.68. The normalized spacial score (nSPS) is 26.4. The van der Waals surface area contributed by atoms with Crippen molar-refractivity contribution in [1.82, 2.24) is 5.32 Å². The quantitative estimate of drug-likeness (QED) is 0.848. The number of benzene rings is 1. The monoisotopic (exact) mass is 259 g/mol. The Morgan fingerprint density at radius 1 is 1.32 bits per heavy atom. The zero-order valence-corrected chi connectivity index (χ0v) is 11.4. The van der Waals surface area contributed by atoms with Crippen LogP contribution in [0.15, 0.2) is 24.3 Å². The first kappa shape index (κ1) is 12.7. The van der Waals surface area contributed by atoms with E-state index in [1.807, 2.05) is 12.1 Å². The van der Waals surface area contributed by atoms with E-state index in [0.717, 1.165) is 18.4 Å². The molecule has 3 rings (SSSR count). The SMILES string of the molecule is COC(=O)C1(NC2CCCC2)CCc2ccccc21. The summed E-state index contributed by atoms with van der Waals surface area (Å²) in [5, 5.41) is 3.62. The smallest absolute Gasteiger partial charge is 0.330 e. The van der Waals surface area contributed by atoms with E-state index in [0.29, 0.717) is 6.04 Å². The summed E-state index contributed by atoms with van der Waals surface area (Å²) >= 11 is 0. The molecule has 1 atom stereocenters. The Morgan fingerprint density at radius 2 is 2.05 bits per heavy atom. The van der Waals surface area contributed by atoms with E-state index in [1.54, 1.807) is 0 Å². The molecule has 0 spiro atoms. The first-order valence-corrected chi connectivity index (χ1v) is 7.21. The highest BCUT2D eigenvalue weighted by atomic mass is 16.5. The number of esters is 1. The van der Waals surface area contributed by atoms with Gasteiger partial charge >= 0.3 is 5.97 Å². The molecule has 1 N–H and O–H groups in total. The number of aryl methyl sites for hydroxylation is 1. The van der Waals surface area contributed by atoms with Crippen LogP contribution in [0.25, 0.3) is 0 Å². The molecule has 0 radical (unpaired) electrons. The lowest BCUT2D eigenvalue weighted by Gasteiger charge is -2.32. The van der Waals surface area contributed by atoms with Gasteiger partial charge in [-0.2, -0.15) is 0 Å². The molecule has 19 heavy (non-hydrogen) atoms. The van der Waals surface area contributed by atoms with Crippen LogP contribution in [0.2, 0.25) is 0 Å². The van der Waals surface area contributed by atoms with Gasteiger partial charge in [-0.3, -0.25) is 5.32 Å². The predicted octanol–water partition coefficient (Wildman–Crippen LogP) is 2.53. The molecular weight excluding hydrogens is 238 g/mol. The van der Waals surface area contributed by atoms with Gasteiger partial charge in [-0.1, -0.05) is 37.1 Å². The Hall–Kier alpha value is -1.35. The summed E-state index contributed by atoms with van der Waals surface area (Å²) in [6.07, 6.45) is 6.62. The molecule has 2 aliphatic carbocycles. The first-order valence-electron chi connectivity index (χ1n) is 7.21. The van der Waals surface area contributed by atoms with E-state index in [1.165, 1.54) is 38.4 Å². The molecule has 102 valence electrons. The standard InChI is InChI=1S/C16H21NO2/c1-19-15(18)16(17-13-7-3-4-8-13)11-10-12-6-2-5-9-14(12)16/h2,5-6,9,13,17H,3-4,7-8,10-11H2,1H3. The zero-order valence-electron chi connectivity index (χ0n) is 11.4. The highest BCUT2D eigenvalue weighted by Crippen LogP contribution is 2.39. The fraction of sp³-hybridized carbons (Fsp3) is 0.562. The number of rotatable bonds is 3. The van der Waals surface area contributed by atoms with Crippen molar-refractivity contribution in [3.05, 3.63) is 35.4 Å². The van der Waals surface area contributed by atoms with Gasteiger partial charge < -0.3 is 4.74 Å². The largest absolute Gasteiger partial charge is 0.467 e. The van der Waals surface area contributed by atoms with Gasteiger partial charge in [0.15, 0.2) is 0 Å². The summed E-state index contributed by atoms with van der Waals surface area (Å²) in [6, 6.07) is 8.70. The molecule has 1 aromatic rings. The van der Waals surface area contributed by atoms with Gasteiger partial charge in [-0.05, 0) is 36.8 Å². The van der Waals surface area contributed by atoms with Crippen molar-refractivity contribution in [2.45, 2.75) is 50.1 Å². The Labute approximate surface area is 114 Å². The molecule has 1 fully saturated rings. The maximum atomic E-state index is 12.4. The van der Waals surface area contributed by atoms with Crippen LogP contribution >= 0.6 is 0 Å². The summed E-state index contributed by atoms with van der Waals surface area (Å²) in [7, 11) is 1.49. The third kappa shape index (κ3) is 2.06. The number of hydrogen-bond acceptors (Lipinski definition) is 3. The number of fused-ring (bicyclic) bond motifs is 1. The van der Waals surface area contributed by atoms with Crippen molar-refractivity contribution in [3.8, 4) is 0 Å². The lowest BCUT2D eigenvalue weighted by Crippen LogP contribution is -2.52.